The van der Waals surface area contributed by atoms with E-state index in [-0.39, 0.29) is 0 Å². The number of carbonyl (C=O) groups is 1. The number of carbonyl (C=O) groups excluding carboxylic acids is 1. The van der Waals surface area contributed by atoms with Gasteiger partial charge in [-0.3, -0.25) is 4.79 Å². The van der Waals surface area contributed by atoms with E-state index in [1.165, 1.54) is 56.9 Å². The number of hydrogen-bond donors (Lipinski definition) is 0. The minimum atomic E-state index is 0.332. The van der Waals surface area contributed by atoms with Crippen molar-refractivity contribution in [3.63, 3.8) is 0 Å². The monoisotopic (exact) mass is 384 g/mol. The highest BCUT2D eigenvalue weighted by Gasteiger charge is 2.59. The molecule has 28 heavy (non-hydrogen) atoms. The zero-order chi connectivity index (χ0) is 20.1. The van der Waals surface area contributed by atoms with Gasteiger partial charge in [0.1, 0.15) is 5.78 Å². The van der Waals surface area contributed by atoms with E-state index in [0.717, 1.165) is 54.8 Å². The highest BCUT2D eigenvalue weighted by atomic mass is 16.1. The molecule has 158 valence electrons. The van der Waals surface area contributed by atoms with Crippen LogP contribution in [-0.4, -0.2) is 5.78 Å². The van der Waals surface area contributed by atoms with Gasteiger partial charge in [0, 0.05) is 12.8 Å². The molecule has 0 bridgehead atoms. The number of ketones is 1. The van der Waals surface area contributed by atoms with Crippen LogP contribution < -0.4 is 0 Å². The van der Waals surface area contributed by atoms with E-state index >= 15 is 0 Å². The molecule has 0 heterocycles. The Morgan fingerprint density at radius 3 is 2.57 bits per heavy atom. The quantitative estimate of drug-likeness (QED) is 0.446. The standard InChI is InChI=1S/C27H44O/c1-18(2)7-6-8-19(3)23-11-12-24-22-10-9-20-17-21(28)13-15-26(20,4)25(22)14-16-27(23,24)5/h9,18-19,22-25H,6-8,10-17H2,1-5H3/t19?,22?,23-,24?,25?,26+,27-/m1/s1. The lowest BCUT2D eigenvalue weighted by molar-refractivity contribution is -0.122. The van der Waals surface area contributed by atoms with Crippen LogP contribution >= 0.6 is 0 Å². The molecule has 0 aliphatic heterocycles. The fourth-order valence-electron chi connectivity index (χ4n) is 8.50. The van der Waals surface area contributed by atoms with Crippen molar-refractivity contribution in [1.29, 1.82) is 0 Å². The Balaban J connectivity index is 1.50. The van der Waals surface area contributed by atoms with E-state index in [9.17, 15) is 4.79 Å². The van der Waals surface area contributed by atoms with Gasteiger partial charge in [-0.05, 0) is 84.9 Å². The van der Waals surface area contributed by atoms with Crippen LogP contribution in [0.25, 0.3) is 0 Å². The summed E-state index contributed by atoms with van der Waals surface area (Å²) in [5, 5.41) is 0. The van der Waals surface area contributed by atoms with Gasteiger partial charge in [-0.1, -0.05) is 65.5 Å². The first kappa shape index (κ1) is 20.7. The van der Waals surface area contributed by atoms with E-state index in [2.05, 4.69) is 40.7 Å². The van der Waals surface area contributed by atoms with Gasteiger partial charge in [0.25, 0.3) is 0 Å². The number of Topliss-reactive ketones (excluding diaryl/α,β-unsaturated/α-hetero) is 1. The lowest BCUT2D eigenvalue weighted by Gasteiger charge is -2.58. The molecule has 4 unspecified atom stereocenters. The minimum Gasteiger partial charge on any atom is -0.299 e. The van der Waals surface area contributed by atoms with Gasteiger partial charge >= 0.3 is 0 Å². The number of fused-ring (bicyclic) bond motifs is 5. The largest absolute Gasteiger partial charge is 0.299 e. The van der Waals surface area contributed by atoms with Gasteiger partial charge < -0.3 is 0 Å². The van der Waals surface area contributed by atoms with Gasteiger partial charge in [0.15, 0.2) is 0 Å². The summed E-state index contributed by atoms with van der Waals surface area (Å²) in [7, 11) is 0. The third-order valence-corrected chi connectivity index (χ3v) is 10.1. The summed E-state index contributed by atoms with van der Waals surface area (Å²) in [6, 6.07) is 0. The SMILES string of the molecule is CC(C)CCCC(C)[C@H]1CCC2C3CC=C4CC(=O)CC[C@]4(C)C3CC[C@@]21C. The van der Waals surface area contributed by atoms with Gasteiger partial charge in [-0.2, -0.15) is 0 Å². The molecular weight excluding hydrogens is 340 g/mol. The van der Waals surface area contributed by atoms with E-state index in [4.69, 9.17) is 0 Å². The minimum absolute atomic E-state index is 0.332. The topological polar surface area (TPSA) is 17.1 Å². The first-order chi connectivity index (χ1) is 13.3. The molecule has 1 heteroatoms. The third-order valence-electron chi connectivity index (χ3n) is 10.1. The van der Waals surface area contributed by atoms with Crippen molar-refractivity contribution in [3.05, 3.63) is 11.6 Å². The molecule has 0 amide bonds. The van der Waals surface area contributed by atoms with Crippen LogP contribution in [0.5, 0.6) is 0 Å². The Kier molecular flexibility index (Phi) is 5.60. The molecule has 3 fully saturated rings. The van der Waals surface area contributed by atoms with Crippen LogP contribution in [0.2, 0.25) is 0 Å². The molecule has 0 spiro atoms. The summed E-state index contributed by atoms with van der Waals surface area (Å²) < 4.78 is 0. The second-order valence-corrected chi connectivity index (χ2v) is 12.0. The maximum absolute atomic E-state index is 12.1. The Hall–Kier alpha value is -0.590. The zero-order valence-corrected chi connectivity index (χ0v) is 19.2. The lowest BCUT2D eigenvalue weighted by Crippen LogP contribution is -2.50. The zero-order valence-electron chi connectivity index (χ0n) is 19.2. The second-order valence-electron chi connectivity index (χ2n) is 12.0. The lowest BCUT2D eigenvalue weighted by atomic mass is 9.47. The molecule has 4 aliphatic rings. The maximum atomic E-state index is 12.1. The van der Waals surface area contributed by atoms with Crippen LogP contribution in [0.1, 0.15) is 105 Å². The smallest absolute Gasteiger partial charge is 0.136 e. The molecule has 4 aliphatic carbocycles. The summed E-state index contributed by atoms with van der Waals surface area (Å²) in [6.45, 7) is 12.5. The normalized spacial score (nSPS) is 43.9. The molecule has 0 N–H and O–H groups in total. The fraction of sp³-hybridized carbons (Fsp3) is 0.889. The molecule has 4 rings (SSSR count). The highest BCUT2D eigenvalue weighted by molar-refractivity contribution is 5.82. The average Bonchev–Trinajstić information content (AvgIpc) is 2.99. The first-order valence-corrected chi connectivity index (χ1v) is 12.5. The summed E-state index contributed by atoms with van der Waals surface area (Å²) in [4.78, 5) is 12.1. The number of rotatable bonds is 5. The van der Waals surface area contributed by atoms with Crippen molar-refractivity contribution < 1.29 is 4.79 Å². The Bertz CT molecular complexity index is 630. The highest BCUT2D eigenvalue weighted by Crippen LogP contribution is 2.67. The van der Waals surface area contributed by atoms with Crippen LogP contribution in [-0.2, 0) is 4.79 Å². The van der Waals surface area contributed by atoms with Gasteiger partial charge in [-0.15, -0.1) is 0 Å². The summed E-state index contributed by atoms with van der Waals surface area (Å²) in [5.74, 6) is 5.82. The van der Waals surface area contributed by atoms with E-state index < -0.39 is 0 Å². The number of allylic oxidation sites excluding steroid dienone is 2. The van der Waals surface area contributed by atoms with Crippen molar-refractivity contribution in [3.8, 4) is 0 Å². The molecule has 0 radical (unpaired) electrons. The predicted octanol–water partition coefficient (Wildman–Crippen LogP) is 7.60. The van der Waals surface area contributed by atoms with Crippen LogP contribution in [0, 0.1) is 46.3 Å². The molecule has 1 nitrogen and oxygen atoms in total. The van der Waals surface area contributed by atoms with Gasteiger partial charge in [0.05, 0.1) is 0 Å². The third kappa shape index (κ3) is 3.33. The maximum Gasteiger partial charge on any atom is 0.136 e. The van der Waals surface area contributed by atoms with Crippen LogP contribution in [0.4, 0.5) is 0 Å². The summed E-state index contributed by atoms with van der Waals surface area (Å²) in [5.41, 5.74) is 2.43. The van der Waals surface area contributed by atoms with E-state index in [1.54, 1.807) is 0 Å². The molecule has 3 saturated carbocycles. The van der Waals surface area contributed by atoms with Gasteiger partial charge in [0.2, 0.25) is 0 Å². The predicted molar refractivity (Wildman–Crippen MR) is 118 cm³/mol. The van der Waals surface area contributed by atoms with Crippen molar-refractivity contribution in [2.24, 2.45) is 46.3 Å². The Morgan fingerprint density at radius 1 is 1.04 bits per heavy atom. The van der Waals surface area contributed by atoms with Crippen molar-refractivity contribution in [2.45, 2.75) is 105 Å². The Labute approximate surface area is 174 Å². The van der Waals surface area contributed by atoms with Crippen molar-refractivity contribution >= 4 is 5.78 Å². The molecule has 0 aromatic rings. The molecule has 7 atom stereocenters. The van der Waals surface area contributed by atoms with Crippen molar-refractivity contribution in [1.82, 2.24) is 0 Å². The summed E-state index contributed by atoms with van der Waals surface area (Å²) in [6.07, 6.45) is 16.5. The molecule has 0 saturated heterocycles. The molecule has 0 aromatic carbocycles. The Morgan fingerprint density at radius 2 is 1.82 bits per heavy atom. The molecular formula is C27H44O. The van der Waals surface area contributed by atoms with E-state index in [0.29, 0.717) is 16.6 Å². The number of hydrogen-bond acceptors (Lipinski definition) is 1. The molecule has 0 aromatic heterocycles. The van der Waals surface area contributed by atoms with Crippen LogP contribution in [0.3, 0.4) is 0 Å². The average molecular weight is 385 g/mol. The first-order valence-electron chi connectivity index (χ1n) is 12.5. The van der Waals surface area contributed by atoms with Crippen LogP contribution in [0.15, 0.2) is 11.6 Å². The van der Waals surface area contributed by atoms with Gasteiger partial charge in [-0.25, -0.2) is 0 Å². The van der Waals surface area contributed by atoms with Crippen molar-refractivity contribution in [2.75, 3.05) is 0 Å². The second kappa shape index (κ2) is 7.59. The van der Waals surface area contributed by atoms with E-state index in [1.807, 2.05) is 0 Å². The summed E-state index contributed by atoms with van der Waals surface area (Å²) >= 11 is 0. The fourth-order valence-corrected chi connectivity index (χ4v) is 8.50.